The third-order valence-corrected chi connectivity index (χ3v) is 3.03. The van der Waals surface area contributed by atoms with Gasteiger partial charge in [-0.3, -0.25) is 0 Å². The van der Waals surface area contributed by atoms with Crippen molar-refractivity contribution in [1.29, 1.82) is 5.26 Å². The van der Waals surface area contributed by atoms with E-state index in [2.05, 4.69) is 6.07 Å². The lowest BCUT2D eigenvalue weighted by Crippen LogP contribution is -1.92. The number of benzene rings is 2. The number of nitriles is 1. The number of halogens is 1. The second-order valence-corrected chi connectivity index (χ2v) is 4.48. The summed E-state index contributed by atoms with van der Waals surface area (Å²) < 4.78 is 23.6. The Labute approximate surface area is 127 Å². The summed E-state index contributed by atoms with van der Waals surface area (Å²) in [5.74, 6) is 0.266. The Morgan fingerprint density at radius 3 is 2.45 bits per heavy atom. The molecule has 0 aliphatic heterocycles. The Hall–Kier alpha value is -3.00. The minimum atomic E-state index is -0.573. The quantitative estimate of drug-likeness (QED) is 0.692. The molecule has 4 nitrogen and oxygen atoms in total. The lowest BCUT2D eigenvalue weighted by Gasteiger charge is -2.09. The molecule has 2 rings (SSSR count). The number of ether oxygens (including phenoxy) is 2. The largest absolute Gasteiger partial charge is 0.508 e. The van der Waals surface area contributed by atoms with Crippen molar-refractivity contribution < 1.29 is 19.0 Å². The SMILES string of the molecule is COc1ccc(/C(C#N)=C/c2cc(O)cc(F)c2)cc1OC. The van der Waals surface area contributed by atoms with Gasteiger partial charge in [-0.2, -0.15) is 5.26 Å². The average Bonchev–Trinajstić information content (AvgIpc) is 2.51. The Balaban J connectivity index is 2.48. The van der Waals surface area contributed by atoms with E-state index in [9.17, 15) is 14.8 Å². The van der Waals surface area contributed by atoms with Crippen molar-refractivity contribution in [3.8, 4) is 23.3 Å². The molecule has 2 aromatic rings. The first-order valence-electron chi connectivity index (χ1n) is 6.41. The van der Waals surface area contributed by atoms with E-state index in [-0.39, 0.29) is 5.75 Å². The Kier molecular flexibility index (Phi) is 4.64. The van der Waals surface area contributed by atoms with Crippen LogP contribution in [0.3, 0.4) is 0 Å². The third-order valence-electron chi connectivity index (χ3n) is 3.03. The number of methoxy groups -OCH3 is 2. The first-order chi connectivity index (χ1) is 10.6. The molecule has 0 saturated heterocycles. The zero-order chi connectivity index (χ0) is 16.1. The molecule has 0 heterocycles. The number of phenolic OH excluding ortho intramolecular Hbond substituents is 1. The van der Waals surface area contributed by atoms with E-state index in [0.29, 0.717) is 28.2 Å². The van der Waals surface area contributed by atoms with Crippen LogP contribution in [0.4, 0.5) is 4.39 Å². The zero-order valence-corrected chi connectivity index (χ0v) is 12.1. The Bertz CT molecular complexity index is 743. The molecular formula is C17H14FNO3. The molecule has 0 unspecified atom stereocenters. The van der Waals surface area contributed by atoms with Crippen LogP contribution in [0.2, 0.25) is 0 Å². The van der Waals surface area contributed by atoms with Gasteiger partial charge in [-0.15, -0.1) is 0 Å². The van der Waals surface area contributed by atoms with E-state index < -0.39 is 5.82 Å². The van der Waals surface area contributed by atoms with E-state index >= 15 is 0 Å². The van der Waals surface area contributed by atoms with Crippen molar-refractivity contribution in [3.05, 3.63) is 53.3 Å². The standard InChI is InChI=1S/C17H14FNO3/c1-21-16-4-3-12(8-17(16)22-2)13(10-19)5-11-6-14(18)9-15(20)7-11/h3-9,20H,1-2H3/b13-5+. The molecule has 0 aliphatic rings. The number of aromatic hydroxyl groups is 1. The third kappa shape index (κ3) is 3.36. The second-order valence-electron chi connectivity index (χ2n) is 4.48. The molecule has 0 saturated carbocycles. The van der Waals surface area contributed by atoms with Crippen LogP contribution >= 0.6 is 0 Å². The highest BCUT2D eigenvalue weighted by Gasteiger charge is 2.08. The van der Waals surface area contributed by atoms with Crippen LogP contribution in [0.5, 0.6) is 17.2 Å². The van der Waals surface area contributed by atoms with Gasteiger partial charge in [0.05, 0.1) is 25.9 Å². The van der Waals surface area contributed by atoms with Crippen molar-refractivity contribution in [3.63, 3.8) is 0 Å². The van der Waals surface area contributed by atoms with E-state index in [4.69, 9.17) is 9.47 Å². The summed E-state index contributed by atoms with van der Waals surface area (Å²) in [6.07, 6.45) is 1.49. The molecule has 0 bridgehead atoms. The van der Waals surface area contributed by atoms with Gasteiger partial charge in [-0.1, -0.05) is 0 Å². The van der Waals surface area contributed by atoms with Crippen molar-refractivity contribution >= 4 is 11.6 Å². The molecular weight excluding hydrogens is 285 g/mol. The number of rotatable bonds is 4. The topological polar surface area (TPSA) is 62.5 Å². The summed E-state index contributed by atoms with van der Waals surface area (Å²) in [6.45, 7) is 0. The van der Waals surface area contributed by atoms with Crippen molar-refractivity contribution in [1.82, 2.24) is 0 Å². The summed E-state index contributed by atoms with van der Waals surface area (Å²) in [6, 6.07) is 10.7. The lowest BCUT2D eigenvalue weighted by molar-refractivity contribution is 0.355. The fraction of sp³-hybridized carbons (Fsp3) is 0.118. The molecule has 0 atom stereocenters. The van der Waals surface area contributed by atoms with Gasteiger partial charge < -0.3 is 14.6 Å². The number of hydrogen-bond donors (Lipinski definition) is 1. The molecule has 0 aliphatic carbocycles. The molecule has 0 amide bonds. The molecule has 0 radical (unpaired) electrons. The molecule has 0 aromatic heterocycles. The van der Waals surface area contributed by atoms with E-state index in [1.807, 2.05) is 0 Å². The number of allylic oxidation sites excluding steroid dienone is 1. The maximum atomic E-state index is 13.3. The molecule has 22 heavy (non-hydrogen) atoms. The summed E-state index contributed by atoms with van der Waals surface area (Å²) in [4.78, 5) is 0. The van der Waals surface area contributed by atoms with Crippen LogP contribution in [0, 0.1) is 17.1 Å². The highest BCUT2D eigenvalue weighted by Crippen LogP contribution is 2.31. The molecule has 112 valence electrons. The normalized spacial score (nSPS) is 10.9. The fourth-order valence-electron chi connectivity index (χ4n) is 2.03. The van der Waals surface area contributed by atoms with Gasteiger partial charge in [-0.25, -0.2) is 4.39 Å². The monoisotopic (exact) mass is 299 g/mol. The van der Waals surface area contributed by atoms with E-state index in [1.54, 1.807) is 18.2 Å². The molecule has 5 heteroatoms. The van der Waals surface area contributed by atoms with Gasteiger partial charge in [0.15, 0.2) is 11.5 Å². The minimum absolute atomic E-state index is 0.198. The molecule has 0 fully saturated rings. The summed E-state index contributed by atoms with van der Waals surface area (Å²) in [5, 5.41) is 18.7. The highest BCUT2D eigenvalue weighted by atomic mass is 19.1. The van der Waals surface area contributed by atoms with Gasteiger partial charge in [-0.05, 0) is 47.5 Å². The fourth-order valence-corrected chi connectivity index (χ4v) is 2.03. The van der Waals surface area contributed by atoms with Crippen molar-refractivity contribution in [2.45, 2.75) is 0 Å². The lowest BCUT2D eigenvalue weighted by atomic mass is 10.0. The van der Waals surface area contributed by atoms with Gasteiger partial charge in [0.2, 0.25) is 0 Å². The van der Waals surface area contributed by atoms with Gasteiger partial charge in [0, 0.05) is 6.07 Å². The molecule has 2 aromatic carbocycles. The average molecular weight is 299 g/mol. The second kappa shape index (κ2) is 6.64. The maximum Gasteiger partial charge on any atom is 0.161 e. The molecule has 0 spiro atoms. The van der Waals surface area contributed by atoms with Crippen LogP contribution < -0.4 is 9.47 Å². The first kappa shape index (κ1) is 15.4. The summed E-state index contributed by atoms with van der Waals surface area (Å²) >= 11 is 0. The number of hydrogen-bond acceptors (Lipinski definition) is 4. The zero-order valence-electron chi connectivity index (χ0n) is 12.1. The smallest absolute Gasteiger partial charge is 0.161 e. The maximum absolute atomic E-state index is 13.3. The Morgan fingerprint density at radius 2 is 1.86 bits per heavy atom. The van der Waals surface area contributed by atoms with Crippen LogP contribution in [0.15, 0.2) is 36.4 Å². The predicted molar refractivity (Wildman–Crippen MR) is 81.1 cm³/mol. The summed E-state index contributed by atoms with van der Waals surface area (Å²) in [7, 11) is 3.02. The first-order valence-corrected chi connectivity index (χ1v) is 6.41. The van der Waals surface area contributed by atoms with Gasteiger partial charge >= 0.3 is 0 Å². The van der Waals surface area contributed by atoms with Gasteiger partial charge in [0.25, 0.3) is 0 Å². The van der Waals surface area contributed by atoms with Crippen LogP contribution in [0.1, 0.15) is 11.1 Å². The van der Waals surface area contributed by atoms with E-state index in [0.717, 1.165) is 6.07 Å². The highest BCUT2D eigenvalue weighted by molar-refractivity contribution is 5.90. The van der Waals surface area contributed by atoms with Crippen molar-refractivity contribution in [2.75, 3.05) is 14.2 Å². The van der Waals surface area contributed by atoms with Crippen molar-refractivity contribution in [2.24, 2.45) is 0 Å². The predicted octanol–water partition coefficient (Wildman–Crippen LogP) is 3.61. The number of phenols is 1. The number of nitrogens with zero attached hydrogens (tertiary/aromatic N) is 1. The van der Waals surface area contributed by atoms with Crippen LogP contribution in [0.25, 0.3) is 11.6 Å². The van der Waals surface area contributed by atoms with Gasteiger partial charge in [0.1, 0.15) is 11.6 Å². The molecule has 1 N–H and O–H groups in total. The Morgan fingerprint density at radius 1 is 1.14 bits per heavy atom. The minimum Gasteiger partial charge on any atom is -0.508 e. The summed E-state index contributed by atoms with van der Waals surface area (Å²) in [5.41, 5.74) is 1.30. The van der Waals surface area contributed by atoms with Crippen LogP contribution in [-0.4, -0.2) is 19.3 Å². The van der Waals surface area contributed by atoms with Crippen LogP contribution in [-0.2, 0) is 0 Å². The van der Waals surface area contributed by atoms with E-state index in [1.165, 1.54) is 32.4 Å².